The summed E-state index contributed by atoms with van der Waals surface area (Å²) in [5.41, 5.74) is 0.928. The van der Waals surface area contributed by atoms with Crippen LogP contribution in [0.3, 0.4) is 0 Å². The fraction of sp³-hybridized carbons (Fsp3) is 0.429. The fourth-order valence-corrected chi connectivity index (χ4v) is 1.15. The van der Waals surface area contributed by atoms with Gasteiger partial charge >= 0.3 is 0 Å². The van der Waals surface area contributed by atoms with Gasteiger partial charge in [0.2, 0.25) is 5.12 Å². The Hall–Kier alpha value is -0.810. The van der Waals surface area contributed by atoms with Crippen LogP contribution >= 0.6 is 12.6 Å². The maximum Gasteiger partial charge on any atom is 0.203 e. The lowest BCUT2D eigenvalue weighted by Crippen LogP contribution is -2.33. The molecular weight excluding hydrogens is 174 g/mol. The number of aromatic amines is 1. The van der Waals surface area contributed by atoms with E-state index in [9.17, 15) is 4.79 Å². The van der Waals surface area contributed by atoms with Gasteiger partial charge in [0.15, 0.2) is 0 Å². The smallest absolute Gasteiger partial charge is 0.203 e. The van der Waals surface area contributed by atoms with Crippen molar-refractivity contribution in [1.82, 2.24) is 15.3 Å². The molecule has 2 N–H and O–H groups in total. The summed E-state index contributed by atoms with van der Waals surface area (Å²) in [6, 6.07) is -0.242. The minimum Gasteiger partial charge on any atom is -0.348 e. The van der Waals surface area contributed by atoms with Gasteiger partial charge in [0.25, 0.3) is 0 Å². The molecule has 1 aromatic rings. The number of rotatable bonds is 4. The number of H-pyrrole nitrogens is 1. The Balaban J connectivity index is 2.54. The topological polar surface area (TPSA) is 57.8 Å². The molecule has 1 heterocycles. The molecule has 0 spiro atoms. The first-order chi connectivity index (χ1) is 5.74. The van der Waals surface area contributed by atoms with Crippen molar-refractivity contribution in [1.29, 1.82) is 0 Å². The molecule has 0 aliphatic carbocycles. The predicted octanol–water partition coefficient (Wildman–Crippen LogP) is -0.00340. The molecule has 5 heteroatoms. The molecule has 0 saturated heterocycles. The first kappa shape index (κ1) is 9.28. The van der Waals surface area contributed by atoms with E-state index in [1.807, 2.05) is 0 Å². The van der Waals surface area contributed by atoms with Crippen LogP contribution in [0, 0.1) is 0 Å². The van der Waals surface area contributed by atoms with Crippen LogP contribution in [0.5, 0.6) is 0 Å². The molecular formula is C7H11N3OS. The molecule has 0 radical (unpaired) electrons. The number of imidazole rings is 1. The van der Waals surface area contributed by atoms with Crippen LogP contribution in [0.2, 0.25) is 0 Å². The maximum absolute atomic E-state index is 10.9. The second kappa shape index (κ2) is 4.27. The quantitative estimate of drug-likeness (QED) is 0.579. The Morgan fingerprint density at radius 1 is 1.92 bits per heavy atom. The van der Waals surface area contributed by atoms with E-state index >= 15 is 0 Å². The minimum absolute atomic E-state index is 0.160. The molecule has 1 aromatic heterocycles. The van der Waals surface area contributed by atoms with Crippen LogP contribution in [0.15, 0.2) is 12.5 Å². The molecule has 4 nitrogen and oxygen atoms in total. The zero-order valence-electron chi connectivity index (χ0n) is 6.74. The Bertz CT molecular complexity index is 247. The van der Waals surface area contributed by atoms with Crippen molar-refractivity contribution in [2.24, 2.45) is 0 Å². The van der Waals surface area contributed by atoms with Crippen LogP contribution in [0.1, 0.15) is 5.69 Å². The second-order valence-corrected chi connectivity index (χ2v) is 2.90. The SMILES string of the molecule is CNC(Cc1cnc[nH]1)C(=O)S. The van der Waals surface area contributed by atoms with Crippen molar-refractivity contribution in [2.75, 3.05) is 7.05 Å². The Labute approximate surface area is 76.2 Å². The summed E-state index contributed by atoms with van der Waals surface area (Å²) in [7, 11) is 1.73. The third-order valence-electron chi connectivity index (χ3n) is 1.63. The third-order valence-corrected chi connectivity index (χ3v) is 1.94. The number of carbonyl (C=O) groups excluding carboxylic acids is 1. The number of aromatic nitrogens is 2. The van der Waals surface area contributed by atoms with Gasteiger partial charge in [-0.15, -0.1) is 12.6 Å². The highest BCUT2D eigenvalue weighted by atomic mass is 32.1. The molecule has 0 aliphatic rings. The summed E-state index contributed by atoms with van der Waals surface area (Å²) in [5, 5.41) is 2.71. The molecule has 1 atom stereocenters. The largest absolute Gasteiger partial charge is 0.348 e. The van der Waals surface area contributed by atoms with E-state index in [1.165, 1.54) is 0 Å². The minimum atomic E-state index is -0.242. The molecule has 1 unspecified atom stereocenters. The van der Waals surface area contributed by atoms with Gasteiger partial charge in [0.1, 0.15) is 0 Å². The predicted molar refractivity (Wildman–Crippen MR) is 49.1 cm³/mol. The van der Waals surface area contributed by atoms with E-state index in [1.54, 1.807) is 19.6 Å². The Morgan fingerprint density at radius 2 is 2.67 bits per heavy atom. The molecule has 0 amide bonds. The highest BCUT2D eigenvalue weighted by Crippen LogP contribution is 2.00. The van der Waals surface area contributed by atoms with Gasteiger partial charge in [0.05, 0.1) is 12.4 Å². The normalized spacial score (nSPS) is 12.8. The van der Waals surface area contributed by atoms with Gasteiger partial charge in [-0.1, -0.05) is 0 Å². The van der Waals surface area contributed by atoms with Gasteiger partial charge in [-0.3, -0.25) is 4.79 Å². The highest BCUT2D eigenvalue weighted by Gasteiger charge is 2.13. The average Bonchev–Trinajstić information content (AvgIpc) is 2.51. The molecule has 0 saturated carbocycles. The third kappa shape index (κ3) is 2.35. The van der Waals surface area contributed by atoms with Gasteiger partial charge in [-0.05, 0) is 7.05 Å². The lowest BCUT2D eigenvalue weighted by atomic mass is 10.2. The van der Waals surface area contributed by atoms with E-state index in [0.29, 0.717) is 6.42 Å². The number of hydrogen-bond donors (Lipinski definition) is 3. The van der Waals surface area contributed by atoms with E-state index in [-0.39, 0.29) is 11.2 Å². The summed E-state index contributed by atoms with van der Waals surface area (Å²) < 4.78 is 0. The van der Waals surface area contributed by atoms with Gasteiger partial charge < -0.3 is 10.3 Å². The number of hydrogen-bond acceptors (Lipinski definition) is 3. The fourth-order valence-electron chi connectivity index (χ4n) is 0.929. The number of thiol groups is 1. The maximum atomic E-state index is 10.9. The summed E-state index contributed by atoms with van der Waals surface area (Å²) in [6.45, 7) is 0. The summed E-state index contributed by atoms with van der Waals surface area (Å²) in [6.07, 6.45) is 3.88. The monoisotopic (exact) mass is 185 g/mol. The van der Waals surface area contributed by atoms with E-state index < -0.39 is 0 Å². The van der Waals surface area contributed by atoms with Crippen molar-refractivity contribution in [2.45, 2.75) is 12.5 Å². The zero-order chi connectivity index (χ0) is 8.97. The molecule has 0 aromatic carbocycles. The summed E-state index contributed by atoms with van der Waals surface area (Å²) in [5.74, 6) is 0. The molecule has 66 valence electrons. The number of nitrogens with zero attached hydrogens (tertiary/aromatic N) is 1. The average molecular weight is 185 g/mol. The van der Waals surface area contributed by atoms with Crippen LogP contribution in [-0.2, 0) is 11.2 Å². The van der Waals surface area contributed by atoms with Gasteiger partial charge in [0, 0.05) is 18.3 Å². The van der Waals surface area contributed by atoms with Crippen LogP contribution < -0.4 is 5.32 Å². The van der Waals surface area contributed by atoms with Crippen LogP contribution in [0.25, 0.3) is 0 Å². The molecule has 12 heavy (non-hydrogen) atoms. The van der Waals surface area contributed by atoms with Crippen molar-refractivity contribution in [3.05, 3.63) is 18.2 Å². The van der Waals surface area contributed by atoms with Crippen molar-refractivity contribution < 1.29 is 4.79 Å². The highest BCUT2D eigenvalue weighted by molar-refractivity contribution is 7.96. The Kier molecular flexibility index (Phi) is 3.31. The molecule has 0 bridgehead atoms. The molecule has 1 rings (SSSR count). The van der Waals surface area contributed by atoms with E-state index in [2.05, 4.69) is 27.9 Å². The summed E-state index contributed by atoms with van der Waals surface area (Å²) >= 11 is 3.75. The summed E-state index contributed by atoms with van der Waals surface area (Å²) in [4.78, 5) is 17.6. The first-order valence-electron chi connectivity index (χ1n) is 3.61. The van der Waals surface area contributed by atoms with Crippen molar-refractivity contribution in [3.63, 3.8) is 0 Å². The Morgan fingerprint density at radius 3 is 3.08 bits per heavy atom. The number of carbonyl (C=O) groups is 1. The first-order valence-corrected chi connectivity index (χ1v) is 4.06. The van der Waals surface area contributed by atoms with Crippen molar-refractivity contribution in [3.8, 4) is 0 Å². The molecule has 0 aliphatic heterocycles. The van der Waals surface area contributed by atoms with Crippen LogP contribution in [-0.4, -0.2) is 28.2 Å². The molecule has 0 fully saturated rings. The zero-order valence-corrected chi connectivity index (χ0v) is 7.64. The van der Waals surface area contributed by atoms with E-state index in [0.717, 1.165) is 5.69 Å². The number of nitrogens with one attached hydrogen (secondary N) is 2. The number of likely N-dealkylation sites (N-methyl/N-ethyl adjacent to an activating group) is 1. The standard InChI is InChI=1S/C7H11N3OS/c1-8-6(7(11)12)2-5-3-9-4-10-5/h3-4,6,8H,2H2,1H3,(H,9,10)(H,11,12). The van der Waals surface area contributed by atoms with Crippen LogP contribution in [0.4, 0.5) is 0 Å². The lowest BCUT2D eigenvalue weighted by Gasteiger charge is -2.09. The van der Waals surface area contributed by atoms with Gasteiger partial charge in [-0.2, -0.15) is 0 Å². The van der Waals surface area contributed by atoms with Crippen molar-refractivity contribution >= 4 is 17.7 Å². The second-order valence-electron chi connectivity index (χ2n) is 2.46. The van der Waals surface area contributed by atoms with E-state index in [4.69, 9.17) is 0 Å². The lowest BCUT2D eigenvalue weighted by molar-refractivity contribution is -0.112. The van der Waals surface area contributed by atoms with Gasteiger partial charge in [-0.25, -0.2) is 4.98 Å².